The van der Waals surface area contributed by atoms with Crippen LogP contribution in [-0.2, 0) is 19.5 Å². The second-order valence-electron chi connectivity index (χ2n) is 8.73. The molecule has 2 aromatic carbocycles. The highest BCUT2D eigenvalue weighted by molar-refractivity contribution is 5.80. The first-order chi connectivity index (χ1) is 16.4. The summed E-state index contributed by atoms with van der Waals surface area (Å²) in [6.45, 7) is 6.28. The molecule has 0 bridgehead atoms. The number of nitrogens with one attached hydrogen (secondary N) is 1. The maximum atomic E-state index is 14.0. The van der Waals surface area contributed by atoms with E-state index < -0.39 is 6.43 Å². The lowest BCUT2D eigenvalue weighted by atomic mass is 9.98. The highest BCUT2D eigenvalue weighted by Crippen LogP contribution is 2.30. The van der Waals surface area contributed by atoms with Gasteiger partial charge in [0.05, 0.1) is 6.54 Å². The molecule has 0 fully saturated rings. The number of imidazole rings is 1. The van der Waals surface area contributed by atoms with Gasteiger partial charge in [-0.2, -0.15) is 5.21 Å². The fourth-order valence-corrected chi connectivity index (χ4v) is 4.28. The Morgan fingerprint density at radius 1 is 1.00 bits per heavy atom. The van der Waals surface area contributed by atoms with Crippen LogP contribution in [0.15, 0.2) is 53.3 Å². The van der Waals surface area contributed by atoms with Gasteiger partial charge in [0, 0.05) is 17.8 Å². The summed E-state index contributed by atoms with van der Waals surface area (Å²) in [5.41, 5.74) is 3.51. The molecule has 1 N–H and O–H groups in total. The van der Waals surface area contributed by atoms with Gasteiger partial charge in [0.15, 0.2) is 0 Å². The fraction of sp³-hybridized carbons (Fsp3) is 0.360. The van der Waals surface area contributed by atoms with E-state index in [0.717, 1.165) is 22.3 Å². The number of hydrogen-bond acceptors (Lipinski definition) is 4. The summed E-state index contributed by atoms with van der Waals surface area (Å²) in [7, 11) is 0. The van der Waals surface area contributed by atoms with E-state index in [9.17, 15) is 13.6 Å². The molecule has 0 aliphatic rings. The van der Waals surface area contributed by atoms with Gasteiger partial charge in [-0.05, 0) is 34.2 Å². The molecular weight excluding hydrogens is 438 g/mol. The zero-order chi connectivity index (χ0) is 24.2. The molecule has 0 atom stereocenters. The number of halogens is 2. The first-order valence-corrected chi connectivity index (χ1v) is 11.4. The van der Waals surface area contributed by atoms with Crippen molar-refractivity contribution in [3.63, 3.8) is 0 Å². The van der Waals surface area contributed by atoms with Crippen molar-refractivity contribution in [1.29, 1.82) is 0 Å². The van der Waals surface area contributed by atoms with Crippen LogP contribution < -0.4 is 5.69 Å². The summed E-state index contributed by atoms with van der Waals surface area (Å²) in [5.74, 6) is 0.584. The largest absolute Gasteiger partial charge is 0.329 e. The Balaban J connectivity index is 1.69. The fourth-order valence-electron chi connectivity index (χ4n) is 4.28. The van der Waals surface area contributed by atoms with Crippen molar-refractivity contribution in [3.05, 3.63) is 76.0 Å². The van der Waals surface area contributed by atoms with E-state index in [2.05, 4.69) is 20.6 Å². The Labute approximate surface area is 196 Å². The Morgan fingerprint density at radius 2 is 1.71 bits per heavy atom. The van der Waals surface area contributed by atoms with E-state index in [0.29, 0.717) is 24.4 Å². The summed E-state index contributed by atoms with van der Waals surface area (Å²) >= 11 is 0. The van der Waals surface area contributed by atoms with Crippen molar-refractivity contribution in [1.82, 2.24) is 29.8 Å². The van der Waals surface area contributed by atoms with Crippen LogP contribution >= 0.6 is 0 Å². The lowest BCUT2D eigenvalue weighted by Crippen LogP contribution is -2.27. The third-order valence-electron chi connectivity index (χ3n) is 5.73. The van der Waals surface area contributed by atoms with Crippen LogP contribution in [0.25, 0.3) is 22.5 Å². The third-order valence-corrected chi connectivity index (χ3v) is 5.73. The molecule has 9 heteroatoms. The summed E-state index contributed by atoms with van der Waals surface area (Å²) in [5, 5.41) is 14.3. The first-order valence-electron chi connectivity index (χ1n) is 11.4. The molecule has 0 aliphatic carbocycles. The second-order valence-corrected chi connectivity index (χ2v) is 8.73. The summed E-state index contributed by atoms with van der Waals surface area (Å²) < 4.78 is 30.8. The van der Waals surface area contributed by atoms with E-state index in [1.807, 2.05) is 69.3 Å². The maximum absolute atomic E-state index is 14.0. The molecule has 0 amide bonds. The van der Waals surface area contributed by atoms with E-state index in [4.69, 9.17) is 0 Å². The van der Waals surface area contributed by atoms with Crippen LogP contribution in [0.5, 0.6) is 0 Å². The number of alkyl halides is 2. The molecule has 2 aromatic heterocycles. The molecule has 0 unspecified atom stereocenters. The van der Waals surface area contributed by atoms with Crippen LogP contribution in [0.3, 0.4) is 0 Å². The molecule has 178 valence electrons. The predicted octanol–water partition coefficient (Wildman–Crippen LogP) is 5.09. The monoisotopic (exact) mass is 466 g/mol. The van der Waals surface area contributed by atoms with Crippen molar-refractivity contribution < 1.29 is 8.78 Å². The minimum atomic E-state index is -2.70. The predicted molar refractivity (Wildman–Crippen MR) is 127 cm³/mol. The van der Waals surface area contributed by atoms with E-state index in [-0.39, 0.29) is 30.4 Å². The number of tetrazole rings is 1. The molecule has 0 saturated heterocycles. The topological polar surface area (TPSA) is 81.4 Å². The number of benzene rings is 2. The highest BCUT2D eigenvalue weighted by atomic mass is 19.3. The maximum Gasteiger partial charge on any atom is 0.329 e. The van der Waals surface area contributed by atoms with Crippen LogP contribution in [0.2, 0.25) is 0 Å². The van der Waals surface area contributed by atoms with Gasteiger partial charge >= 0.3 is 5.69 Å². The van der Waals surface area contributed by atoms with Crippen molar-refractivity contribution in [2.24, 2.45) is 5.92 Å². The molecule has 4 aromatic rings. The van der Waals surface area contributed by atoms with Crippen LogP contribution in [-0.4, -0.2) is 29.8 Å². The van der Waals surface area contributed by atoms with Gasteiger partial charge in [0.25, 0.3) is 6.43 Å². The van der Waals surface area contributed by atoms with E-state index >= 15 is 0 Å². The number of aromatic amines is 1. The van der Waals surface area contributed by atoms with Gasteiger partial charge in [-0.25, -0.2) is 13.6 Å². The molecule has 34 heavy (non-hydrogen) atoms. The second kappa shape index (κ2) is 10.1. The van der Waals surface area contributed by atoms with Gasteiger partial charge in [0.2, 0.25) is 5.82 Å². The summed E-state index contributed by atoms with van der Waals surface area (Å²) in [4.78, 5) is 13.2. The Morgan fingerprint density at radius 3 is 2.29 bits per heavy atom. The molecule has 7 nitrogen and oxygen atoms in total. The van der Waals surface area contributed by atoms with Crippen LogP contribution in [0, 0.1) is 5.92 Å². The van der Waals surface area contributed by atoms with Gasteiger partial charge < -0.3 is 0 Å². The molecule has 0 spiro atoms. The Kier molecular flexibility index (Phi) is 7.00. The van der Waals surface area contributed by atoms with Gasteiger partial charge in [-0.15, -0.1) is 10.2 Å². The van der Waals surface area contributed by atoms with Gasteiger partial charge in [-0.3, -0.25) is 9.13 Å². The molecule has 0 radical (unpaired) electrons. The normalized spacial score (nSPS) is 11.6. The minimum absolute atomic E-state index is 0.0825. The molecule has 2 heterocycles. The summed E-state index contributed by atoms with van der Waals surface area (Å²) in [6.07, 6.45) is -1.59. The van der Waals surface area contributed by atoms with Crippen molar-refractivity contribution >= 4 is 0 Å². The smallest absolute Gasteiger partial charge is 0.291 e. The lowest BCUT2D eigenvalue weighted by molar-refractivity contribution is 0.138. The Bertz CT molecular complexity index is 1290. The zero-order valence-corrected chi connectivity index (χ0v) is 19.5. The molecule has 4 rings (SSSR count). The average molecular weight is 467 g/mol. The molecule has 0 saturated carbocycles. The van der Waals surface area contributed by atoms with Gasteiger partial charge in [-0.1, -0.05) is 75.7 Å². The SMILES string of the molecule is CCCc1c(C(F)F)n(CC(C)C)c(=O)n1Cc1ccc(-c2ccccc2-c2nn[nH]n2)cc1. The highest BCUT2D eigenvalue weighted by Gasteiger charge is 2.26. The number of hydrogen-bond donors (Lipinski definition) is 1. The Hall–Kier alpha value is -3.62. The molecular formula is C25H28F2N6O. The lowest BCUT2D eigenvalue weighted by Gasteiger charge is -2.11. The number of nitrogens with zero attached hydrogens (tertiary/aromatic N) is 5. The number of rotatable bonds is 9. The average Bonchev–Trinajstić information content (AvgIpc) is 3.43. The van der Waals surface area contributed by atoms with Gasteiger partial charge in [0.1, 0.15) is 5.69 Å². The minimum Gasteiger partial charge on any atom is -0.291 e. The van der Waals surface area contributed by atoms with E-state index in [1.165, 1.54) is 9.13 Å². The van der Waals surface area contributed by atoms with E-state index in [1.54, 1.807) is 0 Å². The first kappa shape index (κ1) is 23.5. The van der Waals surface area contributed by atoms with Crippen LogP contribution in [0.1, 0.15) is 50.6 Å². The number of H-pyrrole nitrogens is 1. The zero-order valence-electron chi connectivity index (χ0n) is 19.5. The number of aromatic nitrogens is 6. The molecule has 0 aliphatic heterocycles. The quantitative estimate of drug-likeness (QED) is 0.373. The van der Waals surface area contributed by atoms with Crippen LogP contribution in [0.4, 0.5) is 8.78 Å². The standard InChI is InChI=1S/C25H28F2N6O/c1-4-7-21-22(23(26)27)33(14-16(2)3)25(34)32(21)15-17-10-12-18(13-11-17)19-8-5-6-9-20(19)24-28-30-31-29-24/h5-6,8-13,16,23H,4,7,14-15H2,1-3H3,(H,28,29,30,31). The third kappa shape index (κ3) is 4.69. The van der Waals surface area contributed by atoms with Crippen molar-refractivity contribution in [3.8, 4) is 22.5 Å². The van der Waals surface area contributed by atoms with Crippen molar-refractivity contribution in [2.75, 3.05) is 0 Å². The summed E-state index contributed by atoms with van der Waals surface area (Å²) in [6, 6.07) is 15.5. The van der Waals surface area contributed by atoms with Crippen molar-refractivity contribution in [2.45, 2.75) is 53.1 Å².